The van der Waals surface area contributed by atoms with Gasteiger partial charge in [-0.05, 0) is 37.5 Å². The second-order valence-electron chi connectivity index (χ2n) is 4.52. The molecule has 0 atom stereocenters. The molecule has 1 fully saturated rings. The first-order valence-electron chi connectivity index (χ1n) is 5.52. The summed E-state index contributed by atoms with van der Waals surface area (Å²) < 4.78 is 0.832. The number of carbonyl (C=O) groups excluding carboxylic acids is 1. The summed E-state index contributed by atoms with van der Waals surface area (Å²) in [5.41, 5.74) is 6.30. The molecule has 5 heteroatoms. The Labute approximate surface area is 114 Å². The van der Waals surface area contributed by atoms with Crippen LogP contribution in [0, 0.1) is 0 Å². The lowest BCUT2D eigenvalue weighted by Gasteiger charge is -2.38. The molecule has 1 aromatic carbocycles. The van der Waals surface area contributed by atoms with Gasteiger partial charge >= 0.3 is 0 Å². The molecule has 1 aromatic rings. The summed E-state index contributed by atoms with van der Waals surface area (Å²) >= 11 is 9.29. The summed E-state index contributed by atoms with van der Waals surface area (Å²) in [6.45, 7) is 0.509. The van der Waals surface area contributed by atoms with Gasteiger partial charge in [0.2, 0.25) is 0 Å². The van der Waals surface area contributed by atoms with Crippen LogP contribution >= 0.6 is 27.5 Å². The Bertz CT molecular complexity index is 446. The molecule has 0 saturated heterocycles. The zero-order valence-corrected chi connectivity index (χ0v) is 11.6. The molecule has 3 N–H and O–H groups in total. The molecule has 0 spiro atoms. The fourth-order valence-corrected chi connectivity index (χ4v) is 2.40. The minimum Gasteiger partial charge on any atom is -0.350 e. The quantitative estimate of drug-likeness (QED) is 0.900. The first-order valence-corrected chi connectivity index (χ1v) is 6.69. The van der Waals surface area contributed by atoms with Crippen LogP contribution in [0.1, 0.15) is 29.6 Å². The van der Waals surface area contributed by atoms with Crippen molar-refractivity contribution in [1.82, 2.24) is 5.32 Å². The molecule has 0 radical (unpaired) electrons. The molecule has 0 unspecified atom stereocenters. The van der Waals surface area contributed by atoms with Gasteiger partial charge in [-0.25, -0.2) is 0 Å². The van der Waals surface area contributed by atoms with Crippen molar-refractivity contribution in [1.29, 1.82) is 0 Å². The van der Waals surface area contributed by atoms with Crippen molar-refractivity contribution in [2.45, 2.75) is 24.8 Å². The molecule has 92 valence electrons. The molecule has 1 amide bonds. The van der Waals surface area contributed by atoms with Crippen LogP contribution in [0.2, 0.25) is 5.02 Å². The lowest BCUT2D eigenvalue weighted by molar-refractivity contribution is 0.0930. The number of amides is 1. The number of carbonyl (C=O) groups is 1. The van der Waals surface area contributed by atoms with Gasteiger partial charge in [0.25, 0.3) is 5.91 Å². The van der Waals surface area contributed by atoms with Crippen molar-refractivity contribution in [2.24, 2.45) is 5.73 Å². The average molecular weight is 318 g/mol. The van der Waals surface area contributed by atoms with Crippen LogP contribution in [0.4, 0.5) is 0 Å². The van der Waals surface area contributed by atoms with Gasteiger partial charge in [0, 0.05) is 16.6 Å². The van der Waals surface area contributed by atoms with Crippen molar-refractivity contribution < 1.29 is 4.79 Å². The minimum atomic E-state index is -0.214. The highest BCUT2D eigenvalue weighted by molar-refractivity contribution is 9.10. The van der Waals surface area contributed by atoms with Crippen LogP contribution < -0.4 is 11.1 Å². The molecule has 1 saturated carbocycles. The van der Waals surface area contributed by atoms with E-state index in [1.54, 1.807) is 18.2 Å². The van der Waals surface area contributed by atoms with Crippen LogP contribution in [0.15, 0.2) is 22.7 Å². The second-order valence-corrected chi connectivity index (χ2v) is 5.85. The third-order valence-electron chi connectivity index (χ3n) is 3.12. The van der Waals surface area contributed by atoms with Gasteiger partial charge < -0.3 is 11.1 Å². The van der Waals surface area contributed by atoms with Crippen LogP contribution in [0.5, 0.6) is 0 Å². The van der Waals surface area contributed by atoms with E-state index in [9.17, 15) is 4.79 Å². The van der Waals surface area contributed by atoms with Crippen molar-refractivity contribution in [3.63, 3.8) is 0 Å². The smallest absolute Gasteiger partial charge is 0.252 e. The fourth-order valence-electron chi connectivity index (χ4n) is 1.83. The Morgan fingerprint density at radius 1 is 1.53 bits per heavy atom. The molecule has 3 nitrogen and oxygen atoms in total. The van der Waals surface area contributed by atoms with Gasteiger partial charge in [-0.15, -0.1) is 0 Å². The van der Waals surface area contributed by atoms with Crippen LogP contribution in [0.25, 0.3) is 0 Å². The Hall–Kier alpha value is -0.580. The molecule has 2 rings (SSSR count). The second kappa shape index (κ2) is 4.96. The van der Waals surface area contributed by atoms with Crippen LogP contribution in [0.3, 0.4) is 0 Å². The monoisotopic (exact) mass is 316 g/mol. The maximum absolute atomic E-state index is 11.9. The predicted molar refractivity (Wildman–Crippen MR) is 72.3 cm³/mol. The number of hydrogen-bond acceptors (Lipinski definition) is 2. The molecular weight excluding hydrogens is 304 g/mol. The highest BCUT2D eigenvalue weighted by Gasteiger charge is 2.32. The van der Waals surface area contributed by atoms with E-state index in [-0.39, 0.29) is 11.4 Å². The van der Waals surface area contributed by atoms with Crippen LogP contribution in [-0.4, -0.2) is 18.0 Å². The van der Waals surface area contributed by atoms with Crippen LogP contribution in [-0.2, 0) is 0 Å². The number of hydrogen-bond donors (Lipinski definition) is 2. The number of nitrogens with one attached hydrogen (secondary N) is 1. The Morgan fingerprint density at radius 2 is 2.24 bits per heavy atom. The van der Waals surface area contributed by atoms with Crippen molar-refractivity contribution in [3.8, 4) is 0 Å². The van der Waals surface area contributed by atoms with E-state index in [1.807, 2.05) is 0 Å². The maximum Gasteiger partial charge on any atom is 0.252 e. The third kappa shape index (κ3) is 3.00. The lowest BCUT2D eigenvalue weighted by atomic mass is 9.78. The molecule has 17 heavy (non-hydrogen) atoms. The van der Waals surface area contributed by atoms with E-state index in [0.717, 1.165) is 23.7 Å². The summed E-state index contributed by atoms with van der Waals surface area (Å²) in [6.07, 6.45) is 3.09. The molecule has 1 aliphatic rings. The van der Waals surface area contributed by atoms with Gasteiger partial charge in [-0.1, -0.05) is 27.5 Å². The zero-order valence-electron chi connectivity index (χ0n) is 9.30. The van der Waals surface area contributed by atoms with Gasteiger partial charge in [0.05, 0.1) is 10.6 Å². The van der Waals surface area contributed by atoms with Crippen molar-refractivity contribution in [3.05, 3.63) is 33.3 Å². The molecule has 0 aliphatic heterocycles. The van der Waals surface area contributed by atoms with Gasteiger partial charge in [-0.2, -0.15) is 0 Å². The first kappa shape index (κ1) is 12.9. The zero-order chi connectivity index (χ0) is 12.5. The summed E-state index contributed by atoms with van der Waals surface area (Å²) in [5.74, 6) is -0.173. The number of nitrogens with two attached hydrogens (primary N) is 1. The number of benzene rings is 1. The largest absolute Gasteiger partial charge is 0.350 e. The molecular formula is C12H14BrClN2O. The number of rotatable bonds is 3. The van der Waals surface area contributed by atoms with Crippen molar-refractivity contribution in [2.75, 3.05) is 6.54 Å². The van der Waals surface area contributed by atoms with E-state index in [2.05, 4.69) is 21.2 Å². The summed E-state index contributed by atoms with van der Waals surface area (Å²) in [5, 5.41) is 3.29. The molecule has 1 aliphatic carbocycles. The van der Waals surface area contributed by atoms with E-state index >= 15 is 0 Å². The summed E-state index contributed by atoms with van der Waals surface area (Å²) in [4.78, 5) is 11.9. The van der Waals surface area contributed by atoms with E-state index in [1.165, 1.54) is 0 Å². The number of halogens is 2. The SMILES string of the molecule is NC1(CNC(=O)c2cc(Br)ccc2Cl)CCC1. The van der Waals surface area contributed by atoms with Gasteiger partial charge in [0.15, 0.2) is 0 Å². The predicted octanol–water partition coefficient (Wildman–Crippen LogP) is 2.71. The van der Waals surface area contributed by atoms with Crippen molar-refractivity contribution >= 4 is 33.4 Å². The molecule has 0 heterocycles. The standard InChI is InChI=1S/C12H14BrClN2O/c13-8-2-3-10(14)9(6-8)11(17)16-7-12(15)4-1-5-12/h2-3,6H,1,4-5,7,15H2,(H,16,17). The minimum absolute atomic E-state index is 0.173. The molecule has 0 aromatic heterocycles. The van der Waals surface area contributed by atoms with E-state index in [0.29, 0.717) is 17.1 Å². The fraction of sp³-hybridized carbons (Fsp3) is 0.417. The Balaban J connectivity index is 2.01. The van der Waals surface area contributed by atoms with E-state index < -0.39 is 0 Å². The molecule has 0 bridgehead atoms. The van der Waals surface area contributed by atoms with Gasteiger partial charge in [0.1, 0.15) is 0 Å². The lowest BCUT2D eigenvalue weighted by Crippen LogP contribution is -2.54. The highest BCUT2D eigenvalue weighted by atomic mass is 79.9. The van der Waals surface area contributed by atoms with E-state index in [4.69, 9.17) is 17.3 Å². The Morgan fingerprint density at radius 3 is 2.82 bits per heavy atom. The first-order chi connectivity index (χ1) is 8.00. The topological polar surface area (TPSA) is 55.1 Å². The summed E-state index contributed by atoms with van der Waals surface area (Å²) in [6, 6.07) is 5.21. The third-order valence-corrected chi connectivity index (χ3v) is 3.95. The van der Waals surface area contributed by atoms with Gasteiger partial charge in [-0.3, -0.25) is 4.79 Å². The summed E-state index contributed by atoms with van der Waals surface area (Å²) in [7, 11) is 0. The normalized spacial score (nSPS) is 17.4. The maximum atomic E-state index is 11.9. The average Bonchev–Trinajstić information content (AvgIpc) is 2.26. The Kier molecular flexibility index (Phi) is 3.76. The highest BCUT2D eigenvalue weighted by Crippen LogP contribution is 2.28.